The molecule has 0 aliphatic rings. The molecule has 0 aliphatic heterocycles. The third kappa shape index (κ3) is 2.04. The average molecular weight is 221 g/mol. The van der Waals surface area contributed by atoms with Crippen LogP contribution in [0, 0.1) is 6.92 Å². The van der Waals surface area contributed by atoms with E-state index in [9.17, 15) is 0 Å². The highest BCUT2D eigenvalue weighted by molar-refractivity contribution is 7.10. The van der Waals surface area contributed by atoms with Gasteiger partial charge in [-0.25, -0.2) is 4.98 Å². The normalized spacial score (nSPS) is 10.8. The molecule has 15 heavy (non-hydrogen) atoms. The summed E-state index contributed by atoms with van der Waals surface area (Å²) in [7, 11) is 0. The Morgan fingerprint density at radius 3 is 2.93 bits per heavy atom. The molecule has 0 atom stereocenters. The number of nitrogen functional groups attached to an aromatic ring is 1. The van der Waals surface area contributed by atoms with Crippen molar-refractivity contribution in [2.75, 3.05) is 5.73 Å². The van der Waals surface area contributed by atoms with Crippen LogP contribution in [0.5, 0.6) is 0 Å². The minimum atomic E-state index is 0.600. The van der Waals surface area contributed by atoms with Crippen LogP contribution in [0.4, 0.5) is 5.95 Å². The second-order valence-electron chi connectivity index (χ2n) is 3.59. The number of nitrogens with zero attached hydrogens (tertiary/aromatic N) is 2. The molecular weight excluding hydrogens is 206 g/mol. The molecule has 0 unspecified atom stereocenters. The zero-order valence-corrected chi connectivity index (χ0v) is 9.84. The Kier molecular flexibility index (Phi) is 2.77. The molecule has 0 saturated carbocycles. The smallest absolute Gasteiger partial charge is 0.200 e. The second kappa shape index (κ2) is 4.06. The van der Waals surface area contributed by atoms with Gasteiger partial charge in [0.15, 0.2) is 0 Å². The molecule has 2 aromatic heterocycles. The lowest BCUT2D eigenvalue weighted by molar-refractivity contribution is 0.813. The molecule has 0 aromatic carbocycles. The molecule has 2 N–H and O–H groups in total. The van der Waals surface area contributed by atoms with Crippen LogP contribution < -0.4 is 5.73 Å². The van der Waals surface area contributed by atoms with Gasteiger partial charge in [-0.2, -0.15) is 0 Å². The van der Waals surface area contributed by atoms with E-state index in [4.69, 9.17) is 5.73 Å². The van der Waals surface area contributed by atoms with Crippen molar-refractivity contribution in [2.24, 2.45) is 0 Å². The summed E-state index contributed by atoms with van der Waals surface area (Å²) in [6, 6.07) is 2.18. The summed E-state index contributed by atoms with van der Waals surface area (Å²) < 4.78 is 2.00. The Hall–Kier alpha value is -1.29. The molecular formula is C11H15N3S. The van der Waals surface area contributed by atoms with Crippen LogP contribution in [-0.4, -0.2) is 9.55 Å². The van der Waals surface area contributed by atoms with Crippen LogP contribution in [-0.2, 0) is 13.0 Å². The van der Waals surface area contributed by atoms with Gasteiger partial charge in [0.2, 0.25) is 5.95 Å². The average Bonchev–Trinajstić information content (AvgIpc) is 2.74. The Morgan fingerprint density at radius 2 is 2.33 bits per heavy atom. The molecule has 0 radical (unpaired) electrons. The maximum Gasteiger partial charge on any atom is 0.200 e. The first-order valence-electron chi connectivity index (χ1n) is 5.05. The van der Waals surface area contributed by atoms with Crippen molar-refractivity contribution >= 4 is 17.3 Å². The van der Waals surface area contributed by atoms with E-state index >= 15 is 0 Å². The van der Waals surface area contributed by atoms with E-state index in [-0.39, 0.29) is 0 Å². The number of imidazole rings is 1. The van der Waals surface area contributed by atoms with Crippen LogP contribution in [0.3, 0.4) is 0 Å². The molecule has 2 heterocycles. The largest absolute Gasteiger partial charge is 0.369 e. The lowest BCUT2D eigenvalue weighted by Crippen LogP contribution is -2.03. The quantitative estimate of drug-likeness (QED) is 0.865. The van der Waals surface area contributed by atoms with Crippen molar-refractivity contribution in [1.29, 1.82) is 0 Å². The van der Waals surface area contributed by atoms with Crippen LogP contribution in [0.25, 0.3) is 0 Å². The molecule has 0 amide bonds. The van der Waals surface area contributed by atoms with Gasteiger partial charge in [0.25, 0.3) is 0 Å². The fraction of sp³-hybridized carbons (Fsp3) is 0.364. The van der Waals surface area contributed by atoms with Crippen molar-refractivity contribution in [2.45, 2.75) is 26.8 Å². The molecule has 0 fully saturated rings. The molecule has 4 heteroatoms. The molecule has 0 aliphatic carbocycles. The monoisotopic (exact) mass is 221 g/mol. The van der Waals surface area contributed by atoms with Crippen molar-refractivity contribution in [1.82, 2.24) is 9.55 Å². The SMILES string of the molecule is CCc1ccsc1Cn1cc(C)nc1N. The Balaban J connectivity index is 2.25. The van der Waals surface area contributed by atoms with Gasteiger partial charge in [0.05, 0.1) is 12.2 Å². The number of thiophene rings is 1. The number of hydrogen-bond donors (Lipinski definition) is 1. The fourth-order valence-electron chi connectivity index (χ4n) is 1.67. The highest BCUT2D eigenvalue weighted by Gasteiger charge is 2.06. The van der Waals surface area contributed by atoms with Crippen molar-refractivity contribution < 1.29 is 0 Å². The predicted molar refractivity (Wildman–Crippen MR) is 64.2 cm³/mol. The van der Waals surface area contributed by atoms with Gasteiger partial charge in [-0.3, -0.25) is 0 Å². The number of hydrogen-bond acceptors (Lipinski definition) is 3. The van der Waals surface area contributed by atoms with E-state index in [1.807, 2.05) is 17.7 Å². The highest BCUT2D eigenvalue weighted by atomic mass is 32.1. The summed E-state index contributed by atoms with van der Waals surface area (Å²) in [5.41, 5.74) is 8.19. The van der Waals surface area contributed by atoms with E-state index in [2.05, 4.69) is 23.4 Å². The lowest BCUT2D eigenvalue weighted by Gasteiger charge is -2.04. The van der Waals surface area contributed by atoms with Gasteiger partial charge in [-0.05, 0) is 30.4 Å². The predicted octanol–water partition coefficient (Wildman–Crippen LogP) is 2.45. The van der Waals surface area contributed by atoms with Gasteiger partial charge in [-0.15, -0.1) is 11.3 Å². The zero-order chi connectivity index (χ0) is 10.8. The van der Waals surface area contributed by atoms with E-state index in [0.29, 0.717) is 5.95 Å². The number of nitrogens with two attached hydrogens (primary N) is 1. The number of aryl methyl sites for hydroxylation is 2. The Morgan fingerprint density at radius 1 is 1.53 bits per heavy atom. The van der Waals surface area contributed by atoms with E-state index in [1.54, 1.807) is 11.3 Å². The summed E-state index contributed by atoms with van der Waals surface area (Å²) in [6.45, 7) is 4.98. The van der Waals surface area contributed by atoms with Gasteiger partial charge < -0.3 is 10.3 Å². The van der Waals surface area contributed by atoms with Gasteiger partial charge in [0, 0.05) is 11.1 Å². The third-order valence-electron chi connectivity index (χ3n) is 2.46. The summed E-state index contributed by atoms with van der Waals surface area (Å²) in [6.07, 6.45) is 3.07. The molecule has 0 spiro atoms. The summed E-state index contributed by atoms with van der Waals surface area (Å²) >= 11 is 1.78. The van der Waals surface area contributed by atoms with Crippen molar-refractivity contribution in [3.05, 3.63) is 33.8 Å². The second-order valence-corrected chi connectivity index (χ2v) is 4.59. The van der Waals surface area contributed by atoms with E-state index < -0.39 is 0 Å². The van der Waals surface area contributed by atoms with Gasteiger partial charge in [-0.1, -0.05) is 6.92 Å². The first-order chi connectivity index (χ1) is 7.20. The molecule has 2 rings (SSSR count). The molecule has 0 bridgehead atoms. The molecule has 0 saturated heterocycles. The fourth-order valence-corrected chi connectivity index (χ4v) is 2.64. The van der Waals surface area contributed by atoms with Gasteiger partial charge >= 0.3 is 0 Å². The first-order valence-corrected chi connectivity index (χ1v) is 5.93. The van der Waals surface area contributed by atoms with Crippen molar-refractivity contribution in [3.8, 4) is 0 Å². The van der Waals surface area contributed by atoms with Crippen LogP contribution >= 0.6 is 11.3 Å². The molecule has 80 valence electrons. The van der Waals surface area contributed by atoms with Crippen LogP contribution in [0.15, 0.2) is 17.6 Å². The summed E-state index contributed by atoms with van der Waals surface area (Å²) in [4.78, 5) is 5.57. The number of rotatable bonds is 3. The molecule has 3 nitrogen and oxygen atoms in total. The summed E-state index contributed by atoms with van der Waals surface area (Å²) in [5.74, 6) is 0.600. The highest BCUT2D eigenvalue weighted by Crippen LogP contribution is 2.20. The Bertz CT molecular complexity index is 456. The van der Waals surface area contributed by atoms with Gasteiger partial charge in [0.1, 0.15) is 0 Å². The Labute approximate surface area is 93.6 Å². The topological polar surface area (TPSA) is 43.8 Å². The maximum absolute atomic E-state index is 5.81. The number of aromatic nitrogens is 2. The first kappa shape index (κ1) is 10.2. The van der Waals surface area contributed by atoms with Crippen LogP contribution in [0.1, 0.15) is 23.1 Å². The molecule has 2 aromatic rings. The van der Waals surface area contributed by atoms with Crippen LogP contribution in [0.2, 0.25) is 0 Å². The third-order valence-corrected chi connectivity index (χ3v) is 3.41. The maximum atomic E-state index is 5.81. The van der Waals surface area contributed by atoms with Crippen molar-refractivity contribution in [3.63, 3.8) is 0 Å². The van der Waals surface area contributed by atoms with E-state index in [1.165, 1.54) is 10.4 Å². The minimum absolute atomic E-state index is 0.600. The van der Waals surface area contributed by atoms with E-state index in [0.717, 1.165) is 18.7 Å². The standard InChI is InChI=1S/C11H15N3S/c1-3-9-4-5-15-10(9)7-14-6-8(2)13-11(14)12/h4-6H,3,7H2,1-2H3,(H2,12,13). The minimum Gasteiger partial charge on any atom is -0.369 e. The number of anilines is 1. The summed E-state index contributed by atoms with van der Waals surface area (Å²) in [5, 5.41) is 2.13. The zero-order valence-electron chi connectivity index (χ0n) is 9.03. The lowest BCUT2D eigenvalue weighted by atomic mass is 10.2.